The van der Waals surface area contributed by atoms with Gasteiger partial charge in [0, 0.05) is 16.6 Å². The van der Waals surface area contributed by atoms with Gasteiger partial charge in [0.1, 0.15) is 17.9 Å². The highest BCUT2D eigenvalue weighted by Crippen LogP contribution is 2.25. The van der Waals surface area contributed by atoms with Crippen LogP contribution in [0.2, 0.25) is 5.02 Å². The van der Waals surface area contributed by atoms with Gasteiger partial charge in [-0.05, 0) is 36.6 Å². The van der Waals surface area contributed by atoms with Gasteiger partial charge in [0.25, 0.3) is 0 Å². The van der Waals surface area contributed by atoms with Crippen molar-refractivity contribution in [2.75, 3.05) is 21.1 Å². The van der Waals surface area contributed by atoms with Crippen molar-refractivity contribution in [3.63, 3.8) is 0 Å². The van der Waals surface area contributed by atoms with Crippen molar-refractivity contribution in [3.05, 3.63) is 46.9 Å². The number of hydrogen-bond donors (Lipinski definition) is 0. The molecule has 0 saturated carbocycles. The molecule has 0 N–H and O–H groups in total. The van der Waals surface area contributed by atoms with E-state index < -0.39 is 0 Å². The number of hydrogen-bond acceptors (Lipinski definition) is 1. The minimum atomic E-state index is 0. The van der Waals surface area contributed by atoms with Crippen LogP contribution in [0.5, 0.6) is 0 Å². The molecular formula is C16H19ClIN3. The zero-order valence-electron chi connectivity index (χ0n) is 12.7. The fourth-order valence-electron chi connectivity index (χ4n) is 2.60. The molecule has 21 heavy (non-hydrogen) atoms. The molecule has 0 spiro atoms. The van der Waals surface area contributed by atoms with Crippen LogP contribution in [0.1, 0.15) is 11.4 Å². The minimum absolute atomic E-state index is 0. The number of imidazole rings is 1. The second kappa shape index (κ2) is 5.74. The van der Waals surface area contributed by atoms with E-state index in [1.54, 1.807) is 0 Å². The Bertz CT molecular complexity index is 802. The predicted molar refractivity (Wildman–Crippen MR) is 84.2 cm³/mol. The maximum atomic E-state index is 6.06. The van der Waals surface area contributed by atoms with Crippen molar-refractivity contribution in [1.82, 2.24) is 9.38 Å². The lowest BCUT2D eigenvalue weighted by Gasteiger charge is -2.23. The first kappa shape index (κ1) is 16.5. The normalized spacial score (nSPS) is 11.9. The summed E-state index contributed by atoms with van der Waals surface area (Å²) in [5.74, 6) is 0. The van der Waals surface area contributed by atoms with Gasteiger partial charge < -0.3 is 28.5 Å². The fraction of sp³-hybridized carbons (Fsp3) is 0.312. The molecule has 0 fully saturated rings. The molecule has 2 heterocycles. The van der Waals surface area contributed by atoms with Gasteiger partial charge >= 0.3 is 0 Å². The smallest absolute Gasteiger partial charge is 0.145 e. The molecule has 0 unspecified atom stereocenters. The molecule has 5 heteroatoms. The summed E-state index contributed by atoms with van der Waals surface area (Å²) in [6.45, 7) is 3.03. The van der Waals surface area contributed by atoms with Crippen LogP contribution >= 0.6 is 11.6 Å². The molecule has 2 aromatic heterocycles. The van der Waals surface area contributed by atoms with Gasteiger partial charge in [-0.2, -0.15) is 0 Å². The number of aromatic nitrogens is 2. The standard InChI is InChI=1S/C16H19ClN3.HI/c1-11-15(10-20(2,3)4)19-8-7-12-9-13(17)5-6-14(12)16(19)18-11;/h5-9H,10H2,1-4H3;1H/q+1;/p-1. The van der Waals surface area contributed by atoms with E-state index in [2.05, 4.69) is 50.8 Å². The Hall–Kier alpha value is -0.850. The summed E-state index contributed by atoms with van der Waals surface area (Å²) in [6, 6.07) is 8.07. The van der Waals surface area contributed by atoms with Crippen molar-refractivity contribution in [1.29, 1.82) is 0 Å². The molecule has 0 aliphatic heterocycles. The topological polar surface area (TPSA) is 17.3 Å². The van der Waals surface area contributed by atoms with Crippen molar-refractivity contribution < 1.29 is 28.5 Å². The second-order valence-corrected chi connectivity index (χ2v) is 6.77. The van der Waals surface area contributed by atoms with Gasteiger partial charge in [-0.15, -0.1) is 0 Å². The Morgan fingerprint density at radius 1 is 1.19 bits per heavy atom. The van der Waals surface area contributed by atoms with E-state index in [1.807, 2.05) is 12.1 Å². The summed E-state index contributed by atoms with van der Waals surface area (Å²) in [7, 11) is 6.58. The Kier molecular flexibility index (Phi) is 4.52. The lowest BCUT2D eigenvalue weighted by Crippen LogP contribution is -3.00. The Balaban J connectivity index is 0.00000161. The number of fused-ring (bicyclic) bond motifs is 3. The summed E-state index contributed by atoms with van der Waals surface area (Å²) in [6.07, 6.45) is 2.10. The van der Waals surface area contributed by atoms with E-state index in [4.69, 9.17) is 16.6 Å². The van der Waals surface area contributed by atoms with Gasteiger partial charge in [0.2, 0.25) is 0 Å². The number of quaternary nitrogens is 1. The number of rotatable bonds is 2. The van der Waals surface area contributed by atoms with Crippen molar-refractivity contribution in [2.45, 2.75) is 13.5 Å². The van der Waals surface area contributed by atoms with Crippen molar-refractivity contribution >= 4 is 28.0 Å². The summed E-state index contributed by atoms with van der Waals surface area (Å²) in [5, 5.41) is 3.04. The van der Waals surface area contributed by atoms with Crippen LogP contribution in [0.15, 0.2) is 30.5 Å². The summed E-state index contributed by atoms with van der Waals surface area (Å²) in [4.78, 5) is 4.76. The van der Waals surface area contributed by atoms with Crippen LogP contribution in [-0.2, 0) is 6.54 Å². The van der Waals surface area contributed by atoms with Crippen LogP contribution in [0.3, 0.4) is 0 Å². The summed E-state index contributed by atoms with van der Waals surface area (Å²) in [5.41, 5.74) is 3.38. The molecule has 0 bridgehead atoms. The van der Waals surface area contributed by atoms with Gasteiger partial charge in [0.15, 0.2) is 0 Å². The number of halogens is 2. The van der Waals surface area contributed by atoms with E-state index >= 15 is 0 Å². The van der Waals surface area contributed by atoms with Crippen LogP contribution in [0, 0.1) is 6.92 Å². The number of pyridine rings is 1. The Morgan fingerprint density at radius 3 is 2.57 bits per heavy atom. The quantitative estimate of drug-likeness (QED) is 0.444. The van der Waals surface area contributed by atoms with Crippen molar-refractivity contribution in [3.8, 4) is 0 Å². The van der Waals surface area contributed by atoms with Crippen LogP contribution < -0.4 is 24.0 Å². The monoisotopic (exact) mass is 415 g/mol. The average Bonchev–Trinajstić information content (AvgIpc) is 2.64. The lowest BCUT2D eigenvalue weighted by molar-refractivity contribution is -0.884. The van der Waals surface area contributed by atoms with Crippen molar-refractivity contribution in [2.24, 2.45) is 0 Å². The lowest BCUT2D eigenvalue weighted by atomic mass is 10.2. The highest BCUT2D eigenvalue weighted by molar-refractivity contribution is 6.31. The van der Waals surface area contributed by atoms with E-state index in [-0.39, 0.29) is 24.0 Å². The first-order chi connectivity index (χ1) is 9.35. The zero-order valence-corrected chi connectivity index (χ0v) is 15.6. The molecule has 0 saturated heterocycles. The van der Waals surface area contributed by atoms with Gasteiger partial charge in [0.05, 0.1) is 26.8 Å². The molecular weight excluding hydrogens is 397 g/mol. The van der Waals surface area contributed by atoms with Crippen LogP contribution in [-0.4, -0.2) is 35.0 Å². The third kappa shape index (κ3) is 3.17. The second-order valence-electron chi connectivity index (χ2n) is 6.33. The van der Waals surface area contributed by atoms with E-state index in [1.165, 1.54) is 5.69 Å². The van der Waals surface area contributed by atoms with E-state index in [0.717, 1.165) is 38.2 Å². The number of aryl methyl sites for hydroxylation is 1. The Morgan fingerprint density at radius 2 is 1.90 bits per heavy atom. The Labute approximate surface area is 147 Å². The van der Waals surface area contributed by atoms with E-state index in [0.29, 0.717) is 0 Å². The predicted octanol–water partition coefficient (Wildman–Crippen LogP) is 0.660. The molecule has 3 rings (SSSR count). The third-order valence-electron chi connectivity index (χ3n) is 3.49. The first-order valence-corrected chi connectivity index (χ1v) is 7.09. The maximum absolute atomic E-state index is 6.06. The summed E-state index contributed by atoms with van der Waals surface area (Å²) < 4.78 is 3.09. The molecule has 3 nitrogen and oxygen atoms in total. The van der Waals surface area contributed by atoms with Gasteiger partial charge in [-0.1, -0.05) is 11.6 Å². The first-order valence-electron chi connectivity index (χ1n) is 6.71. The van der Waals surface area contributed by atoms with Gasteiger partial charge in [-0.25, -0.2) is 4.98 Å². The zero-order chi connectivity index (χ0) is 14.5. The SMILES string of the molecule is Cc1nc2c3ccc(Cl)cc3ccn2c1C[N+](C)(C)C.[I-]. The molecule has 1 aromatic carbocycles. The van der Waals surface area contributed by atoms with Gasteiger partial charge in [-0.3, -0.25) is 4.40 Å². The molecule has 0 aliphatic rings. The fourth-order valence-corrected chi connectivity index (χ4v) is 2.78. The molecule has 0 amide bonds. The van der Waals surface area contributed by atoms with Crippen LogP contribution in [0.25, 0.3) is 16.4 Å². The highest BCUT2D eigenvalue weighted by Gasteiger charge is 2.17. The van der Waals surface area contributed by atoms with Crippen LogP contribution in [0.4, 0.5) is 0 Å². The van der Waals surface area contributed by atoms with E-state index in [9.17, 15) is 0 Å². The molecule has 0 aliphatic carbocycles. The largest absolute Gasteiger partial charge is 1.00 e. The summed E-state index contributed by atoms with van der Waals surface area (Å²) >= 11 is 6.06. The third-order valence-corrected chi connectivity index (χ3v) is 3.73. The number of nitrogens with zero attached hydrogens (tertiary/aromatic N) is 3. The molecule has 0 radical (unpaired) electrons. The highest BCUT2D eigenvalue weighted by atomic mass is 127. The molecule has 3 aromatic rings. The minimum Gasteiger partial charge on any atom is -1.00 e. The molecule has 0 atom stereocenters. The molecule has 112 valence electrons. The average molecular weight is 416 g/mol. The maximum Gasteiger partial charge on any atom is 0.145 e. The number of benzene rings is 1.